The number of ether oxygens (including phenoxy) is 2. The molecule has 2 unspecified atom stereocenters. The molecule has 4 nitrogen and oxygen atoms in total. The first-order valence-corrected chi connectivity index (χ1v) is 7.41. The van der Waals surface area contributed by atoms with Crippen molar-refractivity contribution in [2.24, 2.45) is 0 Å². The first kappa shape index (κ1) is 14.3. The molecule has 2 aliphatic heterocycles. The average molecular weight is 256 g/mol. The van der Waals surface area contributed by atoms with Gasteiger partial charge in [-0.2, -0.15) is 0 Å². The molecule has 0 aromatic heterocycles. The van der Waals surface area contributed by atoms with Crippen LogP contribution < -0.4 is 5.32 Å². The van der Waals surface area contributed by atoms with Crippen LogP contribution in [0.2, 0.25) is 0 Å². The third-order valence-corrected chi connectivity index (χ3v) is 3.90. The molecule has 2 saturated heterocycles. The summed E-state index contributed by atoms with van der Waals surface area (Å²) in [6.45, 7) is 11.5. The SMILES string of the molecule is CCCNC1CCOCC1N1C[C@@H](C)O[C@@H](C)C1. The van der Waals surface area contributed by atoms with Crippen LogP contribution >= 0.6 is 0 Å². The van der Waals surface area contributed by atoms with E-state index >= 15 is 0 Å². The minimum absolute atomic E-state index is 0.336. The highest BCUT2D eigenvalue weighted by Gasteiger charge is 2.34. The number of nitrogens with zero attached hydrogens (tertiary/aromatic N) is 1. The summed E-state index contributed by atoms with van der Waals surface area (Å²) in [4.78, 5) is 2.56. The van der Waals surface area contributed by atoms with Gasteiger partial charge in [-0.3, -0.25) is 4.90 Å². The Hall–Kier alpha value is -0.160. The van der Waals surface area contributed by atoms with Crippen LogP contribution in [-0.2, 0) is 9.47 Å². The second kappa shape index (κ2) is 6.85. The van der Waals surface area contributed by atoms with E-state index in [9.17, 15) is 0 Å². The van der Waals surface area contributed by atoms with E-state index in [0.29, 0.717) is 24.3 Å². The van der Waals surface area contributed by atoms with Gasteiger partial charge >= 0.3 is 0 Å². The Balaban J connectivity index is 1.94. The summed E-state index contributed by atoms with van der Waals surface area (Å²) in [5.74, 6) is 0. The van der Waals surface area contributed by atoms with E-state index in [1.165, 1.54) is 6.42 Å². The van der Waals surface area contributed by atoms with Gasteiger partial charge in [0.2, 0.25) is 0 Å². The molecule has 2 heterocycles. The van der Waals surface area contributed by atoms with Gasteiger partial charge in [0.15, 0.2) is 0 Å². The molecule has 0 spiro atoms. The highest BCUT2D eigenvalue weighted by Crippen LogP contribution is 2.20. The van der Waals surface area contributed by atoms with Gasteiger partial charge < -0.3 is 14.8 Å². The average Bonchev–Trinajstić information content (AvgIpc) is 2.35. The number of nitrogens with one attached hydrogen (secondary N) is 1. The monoisotopic (exact) mass is 256 g/mol. The molecule has 1 N–H and O–H groups in total. The molecule has 0 aromatic rings. The number of hydrogen-bond donors (Lipinski definition) is 1. The fourth-order valence-electron chi connectivity index (χ4n) is 3.14. The van der Waals surface area contributed by atoms with Crippen LogP contribution in [0.3, 0.4) is 0 Å². The lowest BCUT2D eigenvalue weighted by Crippen LogP contribution is -2.60. The fraction of sp³-hybridized carbons (Fsp3) is 1.00. The topological polar surface area (TPSA) is 33.7 Å². The molecule has 2 rings (SSSR count). The minimum atomic E-state index is 0.336. The van der Waals surface area contributed by atoms with E-state index in [0.717, 1.165) is 39.3 Å². The minimum Gasteiger partial charge on any atom is -0.380 e. The molecule has 106 valence electrons. The maximum atomic E-state index is 5.82. The third kappa shape index (κ3) is 3.67. The van der Waals surface area contributed by atoms with Gasteiger partial charge in [0.1, 0.15) is 0 Å². The second-order valence-corrected chi connectivity index (χ2v) is 5.70. The summed E-state index contributed by atoms with van der Waals surface area (Å²) in [5, 5.41) is 3.69. The van der Waals surface area contributed by atoms with Crippen LogP contribution in [0.4, 0.5) is 0 Å². The predicted octanol–water partition coefficient (Wildman–Crippen LogP) is 1.25. The first-order chi connectivity index (χ1) is 8.70. The molecule has 0 saturated carbocycles. The molecular weight excluding hydrogens is 228 g/mol. The smallest absolute Gasteiger partial charge is 0.0678 e. The van der Waals surface area contributed by atoms with E-state index in [1.807, 2.05) is 0 Å². The van der Waals surface area contributed by atoms with Gasteiger partial charge in [0.05, 0.1) is 18.8 Å². The standard InChI is InChI=1S/C14H28N2O2/c1-4-6-15-13-5-7-17-10-14(13)16-8-11(2)18-12(3)9-16/h11-15H,4-10H2,1-3H3/t11-,12+,13?,14?. The van der Waals surface area contributed by atoms with Gasteiger partial charge in [-0.15, -0.1) is 0 Å². The van der Waals surface area contributed by atoms with Crippen LogP contribution in [0.15, 0.2) is 0 Å². The van der Waals surface area contributed by atoms with Crippen LogP contribution in [0.5, 0.6) is 0 Å². The van der Waals surface area contributed by atoms with Gasteiger partial charge in [-0.05, 0) is 33.2 Å². The summed E-state index contributed by atoms with van der Waals surface area (Å²) >= 11 is 0. The molecule has 18 heavy (non-hydrogen) atoms. The Morgan fingerprint density at radius 2 is 1.94 bits per heavy atom. The first-order valence-electron chi connectivity index (χ1n) is 7.41. The van der Waals surface area contributed by atoms with Gasteiger partial charge in [-0.25, -0.2) is 0 Å². The van der Waals surface area contributed by atoms with Crippen molar-refractivity contribution in [2.75, 3.05) is 32.8 Å². The largest absolute Gasteiger partial charge is 0.380 e. The van der Waals surface area contributed by atoms with Crippen molar-refractivity contribution in [3.05, 3.63) is 0 Å². The van der Waals surface area contributed by atoms with E-state index in [4.69, 9.17) is 9.47 Å². The lowest BCUT2D eigenvalue weighted by atomic mass is 10.00. The zero-order valence-electron chi connectivity index (χ0n) is 12.0. The Bertz CT molecular complexity index is 240. The molecule has 0 aromatic carbocycles. The van der Waals surface area contributed by atoms with E-state index in [-0.39, 0.29) is 0 Å². The number of morpholine rings is 1. The van der Waals surface area contributed by atoms with E-state index in [2.05, 4.69) is 31.0 Å². The Morgan fingerprint density at radius 3 is 2.61 bits per heavy atom. The molecule has 4 atom stereocenters. The third-order valence-electron chi connectivity index (χ3n) is 3.90. The fourth-order valence-corrected chi connectivity index (χ4v) is 3.14. The molecule has 0 radical (unpaired) electrons. The molecule has 0 bridgehead atoms. The Morgan fingerprint density at radius 1 is 1.22 bits per heavy atom. The van der Waals surface area contributed by atoms with E-state index < -0.39 is 0 Å². The quantitative estimate of drug-likeness (QED) is 0.821. The maximum Gasteiger partial charge on any atom is 0.0678 e. The summed E-state index contributed by atoms with van der Waals surface area (Å²) in [6, 6.07) is 1.09. The molecular formula is C14H28N2O2. The van der Waals surface area contributed by atoms with Crippen LogP contribution in [0.1, 0.15) is 33.6 Å². The molecule has 2 fully saturated rings. The van der Waals surface area contributed by atoms with Crippen molar-refractivity contribution in [1.82, 2.24) is 10.2 Å². The van der Waals surface area contributed by atoms with Crippen molar-refractivity contribution >= 4 is 0 Å². The molecule has 4 heteroatoms. The van der Waals surface area contributed by atoms with Crippen LogP contribution in [0, 0.1) is 0 Å². The summed E-state index contributed by atoms with van der Waals surface area (Å²) in [6.07, 6.45) is 3.00. The van der Waals surface area contributed by atoms with E-state index in [1.54, 1.807) is 0 Å². The van der Waals surface area contributed by atoms with Crippen LogP contribution in [-0.4, -0.2) is 62.0 Å². The van der Waals surface area contributed by atoms with Crippen molar-refractivity contribution in [3.8, 4) is 0 Å². The Labute approximate surface area is 111 Å². The van der Waals surface area contributed by atoms with Gasteiger partial charge in [-0.1, -0.05) is 6.92 Å². The highest BCUT2D eigenvalue weighted by molar-refractivity contribution is 4.90. The highest BCUT2D eigenvalue weighted by atomic mass is 16.5. The second-order valence-electron chi connectivity index (χ2n) is 5.70. The predicted molar refractivity (Wildman–Crippen MR) is 72.9 cm³/mol. The van der Waals surface area contributed by atoms with Crippen molar-refractivity contribution in [3.63, 3.8) is 0 Å². The lowest BCUT2D eigenvalue weighted by molar-refractivity contribution is -0.104. The molecule has 0 amide bonds. The van der Waals surface area contributed by atoms with Crippen molar-refractivity contribution < 1.29 is 9.47 Å². The van der Waals surface area contributed by atoms with Gasteiger partial charge in [0.25, 0.3) is 0 Å². The zero-order chi connectivity index (χ0) is 13.0. The van der Waals surface area contributed by atoms with Crippen molar-refractivity contribution in [2.45, 2.75) is 57.9 Å². The normalized spacial score (nSPS) is 38.8. The number of rotatable bonds is 4. The van der Waals surface area contributed by atoms with Crippen molar-refractivity contribution in [1.29, 1.82) is 0 Å². The summed E-state index contributed by atoms with van der Waals surface area (Å²) in [7, 11) is 0. The Kier molecular flexibility index (Phi) is 5.42. The molecule has 0 aliphatic carbocycles. The van der Waals surface area contributed by atoms with Gasteiger partial charge in [0, 0.05) is 31.8 Å². The van der Waals surface area contributed by atoms with Crippen LogP contribution in [0.25, 0.3) is 0 Å². The maximum absolute atomic E-state index is 5.82. The zero-order valence-corrected chi connectivity index (χ0v) is 12.0. The molecule has 2 aliphatic rings. The lowest BCUT2D eigenvalue weighted by Gasteiger charge is -2.45. The summed E-state index contributed by atoms with van der Waals surface area (Å²) in [5.41, 5.74) is 0. The summed E-state index contributed by atoms with van der Waals surface area (Å²) < 4.78 is 11.5. The number of hydrogen-bond acceptors (Lipinski definition) is 4.